The van der Waals surface area contributed by atoms with E-state index in [-0.39, 0.29) is 5.91 Å². The number of halogens is 2. The molecule has 0 bridgehead atoms. The molecule has 0 aliphatic heterocycles. The number of rotatable bonds is 8. The minimum atomic E-state index is -0.801. The van der Waals surface area contributed by atoms with Gasteiger partial charge < -0.3 is 14.6 Å². The number of nitrogens with one attached hydrogen (secondary N) is 1. The maximum Gasteiger partial charge on any atom is 0.252 e. The number of nitrogens with zero attached hydrogens (tertiary/aromatic N) is 5. The van der Waals surface area contributed by atoms with Gasteiger partial charge in [0.2, 0.25) is 11.9 Å². The number of benzene rings is 2. The van der Waals surface area contributed by atoms with Gasteiger partial charge in [-0.15, -0.1) is 0 Å². The van der Waals surface area contributed by atoms with Crippen molar-refractivity contribution in [3.8, 4) is 22.6 Å². The lowest BCUT2D eigenvalue weighted by atomic mass is 10.0. The molecule has 0 fully saturated rings. The van der Waals surface area contributed by atoms with E-state index in [9.17, 15) is 14.0 Å². The van der Waals surface area contributed by atoms with Gasteiger partial charge in [0.1, 0.15) is 18.1 Å². The fraction of sp³-hybridized carbons (Fsp3) is 0.179. The molecule has 1 amide bonds. The largest absolute Gasteiger partial charge is 0.495 e. The lowest BCUT2D eigenvalue weighted by Crippen LogP contribution is -2.33. The maximum atomic E-state index is 13.7. The van der Waals surface area contributed by atoms with E-state index < -0.39 is 17.5 Å². The first kappa shape index (κ1) is 26.1. The van der Waals surface area contributed by atoms with Gasteiger partial charge in [0.15, 0.2) is 0 Å². The molecule has 0 saturated heterocycles. The predicted octanol–water partition coefficient (Wildman–Crippen LogP) is 5.43. The fourth-order valence-corrected chi connectivity index (χ4v) is 4.63. The lowest BCUT2D eigenvalue weighted by molar-refractivity contribution is -0.119. The van der Waals surface area contributed by atoms with Gasteiger partial charge in [0.25, 0.3) is 5.56 Å². The van der Waals surface area contributed by atoms with Crippen molar-refractivity contribution < 1.29 is 13.9 Å². The number of hydrogen-bond donors (Lipinski definition) is 1. The van der Waals surface area contributed by atoms with Gasteiger partial charge in [-0.3, -0.25) is 24.1 Å². The molecule has 39 heavy (non-hydrogen) atoms. The number of amides is 1. The molecule has 5 aromatic rings. The van der Waals surface area contributed by atoms with Gasteiger partial charge in [-0.2, -0.15) is 4.39 Å². The molecule has 1 unspecified atom stereocenters. The monoisotopic (exact) mass is 546 g/mol. The lowest BCUT2D eigenvalue weighted by Gasteiger charge is -2.21. The molecule has 0 saturated carbocycles. The van der Waals surface area contributed by atoms with Crippen molar-refractivity contribution in [1.82, 2.24) is 24.1 Å². The molecule has 0 aliphatic carbocycles. The minimum Gasteiger partial charge on any atom is -0.495 e. The van der Waals surface area contributed by atoms with E-state index in [1.165, 1.54) is 41.0 Å². The molecule has 0 aliphatic rings. The number of carbonyl (C=O) groups is 1. The minimum absolute atomic E-state index is 0.341. The molecule has 3 aromatic heterocycles. The van der Waals surface area contributed by atoms with E-state index >= 15 is 0 Å². The van der Waals surface area contributed by atoms with Crippen molar-refractivity contribution in [2.75, 3.05) is 12.4 Å². The van der Waals surface area contributed by atoms with Gasteiger partial charge in [0, 0.05) is 40.3 Å². The zero-order valence-corrected chi connectivity index (χ0v) is 21.9. The summed E-state index contributed by atoms with van der Waals surface area (Å²) in [6.07, 6.45) is 8.32. The van der Waals surface area contributed by atoms with Crippen LogP contribution in [-0.2, 0) is 4.79 Å². The Hall–Kier alpha value is -4.57. The molecular formula is C28H24ClFN6O3. The van der Waals surface area contributed by atoms with Crippen LogP contribution < -0.4 is 15.6 Å². The molecule has 11 heteroatoms. The SMILES string of the molecule is CCCC(C(=O)Nc1ccc2nccnc2c1)n1cc(OC)c(-c2cc(Cl)ccc2-n2cnc(F)c2)cc1=O. The van der Waals surface area contributed by atoms with Gasteiger partial charge in [-0.05, 0) is 42.8 Å². The normalized spacial score (nSPS) is 11.9. The van der Waals surface area contributed by atoms with E-state index in [1.807, 2.05) is 6.92 Å². The van der Waals surface area contributed by atoms with Crippen LogP contribution >= 0.6 is 11.6 Å². The van der Waals surface area contributed by atoms with Gasteiger partial charge in [-0.25, -0.2) is 4.98 Å². The number of hydrogen-bond acceptors (Lipinski definition) is 6. The summed E-state index contributed by atoms with van der Waals surface area (Å²) in [6, 6.07) is 10.9. The van der Waals surface area contributed by atoms with Crippen LogP contribution in [0.25, 0.3) is 27.8 Å². The van der Waals surface area contributed by atoms with E-state index in [1.54, 1.807) is 48.8 Å². The Morgan fingerprint density at radius 3 is 2.56 bits per heavy atom. The number of imidazole rings is 1. The molecule has 5 rings (SSSR count). The van der Waals surface area contributed by atoms with E-state index in [0.717, 1.165) is 0 Å². The van der Waals surface area contributed by atoms with E-state index in [0.29, 0.717) is 57.1 Å². The average Bonchev–Trinajstić information content (AvgIpc) is 3.37. The first-order chi connectivity index (χ1) is 18.9. The summed E-state index contributed by atoms with van der Waals surface area (Å²) in [6.45, 7) is 1.94. The summed E-state index contributed by atoms with van der Waals surface area (Å²) in [5, 5.41) is 3.32. The Bertz CT molecular complexity index is 1730. The standard InChI is InChI=1S/C28H24ClFN6O3/c1-3-4-24(28(38)34-18-6-7-21-22(12-18)32-10-9-31-21)36-14-25(39-2)20(13-27(36)37)19-11-17(29)5-8-23(19)35-15-26(30)33-16-35/h5-16,24H,3-4H2,1-2H3,(H,34,38). The van der Waals surface area contributed by atoms with Crippen LogP contribution in [0.1, 0.15) is 25.8 Å². The second-order valence-electron chi connectivity index (χ2n) is 8.82. The first-order valence-electron chi connectivity index (χ1n) is 12.2. The third-order valence-corrected chi connectivity index (χ3v) is 6.51. The summed E-state index contributed by atoms with van der Waals surface area (Å²) in [5.74, 6) is -0.659. The van der Waals surface area contributed by atoms with Crippen molar-refractivity contribution in [2.24, 2.45) is 0 Å². The average molecular weight is 547 g/mol. The number of anilines is 1. The molecule has 198 valence electrons. The molecule has 1 atom stereocenters. The number of carbonyl (C=O) groups excluding carboxylic acids is 1. The van der Waals surface area contributed by atoms with E-state index in [2.05, 4.69) is 20.3 Å². The summed E-state index contributed by atoms with van der Waals surface area (Å²) < 4.78 is 22.2. The Balaban J connectivity index is 1.54. The highest BCUT2D eigenvalue weighted by atomic mass is 35.5. The van der Waals surface area contributed by atoms with Crippen LogP contribution in [0.15, 0.2) is 78.4 Å². The van der Waals surface area contributed by atoms with E-state index in [4.69, 9.17) is 16.3 Å². The van der Waals surface area contributed by atoms with Crippen molar-refractivity contribution in [3.63, 3.8) is 0 Å². The topological polar surface area (TPSA) is 104 Å². The Kier molecular flexibility index (Phi) is 7.38. The number of pyridine rings is 1. The third kappa shape index (κ3) is 5.37. The number of fused-ring (bicyclic) bond motifs is 1. The zero-order valence-electron chi connectivity index (χ0n) is 21.1. The van der Waals surface area contributed by atoms with Gasteiger partial charge in [-0.1, -0.05) is 24.9 Å². The smallest absolute Gasteiger partial charge is 0.252 e. The zero-order chi connectivity index (χ0) is 27.5. The van der Waals surface area contributed by atoms with Crippen LogP contribution in [0, 0.1) is 5.95 Å². The highest BCUT2D eigenvalue weighted by molar-refractivity contribution is 6.31. The second kappa shape index (κ2) is 11.0. The van der Waals surface area contributed by atoms with Crippen molar-refractivity contribution in [3.05, 3.63) is 94.9 Å². The molecular weight excluding hydrogens is 523 g/mol. The molecule has 2 aromatic carbocycles. The highest BCUT2D eigenvalue weighted by Gasteiger charge is 2.24. The van der Waals surface area contributed by atoms with Crippen LogP contribution in [-0.4, -0.2) is 37.1 Å². The Labute approximate surface area is 227 Å². The van der Waals surface area contributed by atoms with Crippen LogP contribution in [0.4, 0.5) is 10.1 Å². The molecule has 0 spiro atoms. The Morgan fingerprint density at radius 1 is 1.05 bits per heavy atom. The number of ether oxygens (including phenoxy) is 1. The van der Waals surface area contributed by atoms with Crippen LogP contribution in [0.3, 0.4) is 0 Å². The number of aromatic nitrogens is 5. The molecule has 0 radical (unpaired) electrons. The van der Waals surface area contributed by atoms with Crippen molar-refractivity contribution in [2.45, 2.75) is 25.8 Å². The quantitative estimate of drug-likeness (QED) is 0.278. The van der Waals surface area contributed by atoms with Crippen molar-refractivity contribution >= 4 is 34.2 Å². The maximum absolute atomic E-state index is 13.7. The van der Waals surface area contributed by atoms with Gasteiger partial charge in [0.05, 0.1) is 36.2 Å². The van der Waals surface area contributed by atoms with Crippen LogP contribution in [0.2, 0.25) is 5.02 Å². The Morgan fingerprint density at radius 2 is 1.85 bits per heavy atom. The summed E-state index contributed by atoms with van der Waals surface area (Å²) in [4.78, 5) is 39.1. The summed E-state index contributed by atoms with van der Waals surface area (Å²) in [5.41, 5.74) is 3.00. The fourth-order valence-electron chi connectivity index (χ4n) is 4.46. The van der Waals surface area contributed by atoms with Gasteiger partial charge >= 0.3 is 0 Å². The predicted molar refractivity (Wildman–Crippen MR) is 147 cm³/mol. The second-order valence-corrected chi connectivity index (χ2v) is 9.26. The third-order valence-electron chi connectivity index (χ3n) is 6.28. The van der Waals surface area contributed by atoms with Crippen molar-refractivity contribution in [1.29, 1.82) is 0 Å². The number of methoxy groups -OCH3 is 1. The molecule has 9 nitrogen and oxygen atoms in total. The first-order valence-corrected chi connectivity index (χ1v) is 12.6. The highest BCUT2D eigenvalue weighted by Crippen LogP contribution is 2.35. The van der Waals surface area contributed by atoms with Crippen LogP contribution in [0.5, 0.6) is 5.75 Å². The summed E-state index contributed by atoms with van der Waals surface area (Å²) >= 11 is 6.29. The molecule has 1 N–H and O–H groups in total. The summed E-state index contributed by atoms with van der Waals surface area (Å²) in [7, 11) is 1.47. The molecule has 3 heterocycles.